The van der Waals surface area contributed by atoms with Gasteiger partial charge in [0.15, 0.2) is 0 Å². The van der Waals surface area contributed by atoms with Crippen LogP contribution in [0.5, 0.6) is 0 Å². The van der Waals surface area contributed by atoms with Crippen molar-refractivity contribution in [2.75, 3.05) is 26.4 Å². The maximum Gasteiger partial charge on any atom is 0.104 e. The average molecular weight is 369 g/mol. The molecule has 0 aromatic rings. The van der Waals surface area contributed by atoms with Crippen molar-refractivity contribution in [2.24, 2.45) is 5.92 Å². The zero-order chi connectivity index (χ0) is 18.6. The Morgan fingerprint density at radius 2 is 1.62 bits per heavy atom. The Hall–Kier alpha value is -0.460. The van der Waals surface area contributed by atoms with E-state index < -0.39 is 11.7 Å². The fourth-order valence-corrected chi connectivity index (χ4v) is 4.26. The predicted molar refractivity (Wildman–Crippen MR) is 100 cm³/mol. The molecule has 2 heterocycles. The van der Waals surface area contributed by atoms with Crippen LogP contribution in [-0.4, -0.2) is 60.6 Å². The minimum Gasteiger partial charge on any atom is -0.390 e. The number of ether oxygens (including phenoxy) is 3. The lowest BCUT2D eigenvalue weighted by Crippen LogP contribution is -2.51. The molecule has 5 heteroatoms. The van der Waals surface area contributed by atoms with Crippen molar-refractivity contribution in [3.63, 3.8) is 0 Å². The maximum atomic E-state index is 10.7. The second kappa shape index (κ2) is 9.16. The highest BCUT2D eigenvalue weighted by atomic mass is 16.6. The molecule has 0 aromatic heterocycles. The van der Waals surface area contributed by atoms with Crippen molar-refractivity contribution in [3.8, 4) is 0 Å². The number of hydrogen-bond acceptors (Lipinski definition) is 5. The summed E-state index contributed by atoms with van der Waals surface area (Å²) in [5.41, 5.74) is 2.22. The van der Waals surface area contributed by atoms with E-state index in [4.69, 9.17) is 14.2 Å². The summed E-state index contributed by atoms with van der Waals surface area (Å²) in [5, 5.41) is 20.8. The quantitative estimate of drug-likeness (QED) is 0.576. The van der Waals surface area contributed by atoms with Gasteiger partial charge in [-0.1, -0.05) is 24.0 Å². The Labute approximate surface area is 157 Å². The molecule has 4 fully saturated rings. The van der Waals surface area contributed by atoms with Crippen molar-refractivity contribution in [3.05, 3.63) is 11.1 Å². The van der Waals surface area contributed by atoms with E-state index in [1.54, 1.807) is 5.57 Å². The van der Waals surface area contributed by atoms with E-state index in [2.05, 4.69) is 13.8 Å². The topological polar surface area (TPSA) is 74.8 Å². The van der Waals surface area contributed by atoms with Gasteiger partial charge in [-0.15, -0.1) is 0 Å². The summed E-state index contributed by atoms with van der Waals surface area (Å²) in [5.74, 6) is 0.306. The molecule has 4 rings (SSSR count). The van der Waals surface area contributed by atoms with Gasteiger partial charge in [-0.05, 0) is 58.3 Å². The number of aliphatic hydroxyl groups is 2. The third-order valence-corrected chi connectivity index (χ3v) is 6.30. The third kappa shape index (κ3) is 5.77. The standard InChI is InChI=1S/C15H26O2.C6H10O3/c1-11(2)12-6-8-13(9-7-12)15(17)10-4-3-5-14(15)16;1(5-3-8-5)7-2-6-4-9-6/h13-14,16-17H,3-10H2,1-2H3;5-6H,1-4H2. The maximum absolute atomic E-state index is 10.7. The van der Waals surface area contributed by atoms with E-state index in [1.165, 1.54) is 5.57 Å². The normalized spacial score (nSPS) is 39.0. The van der Waals surface area contributed by atoms with Crippen LogP contribution in [0.15, 0.2) is 11.1 Å². The van der Waals surface area contributed by atoms with Crippen LogP contribution in [0.25, 0.3) is 0 Å². The third-order valence-electron chi connectivity index (χ3n) is 6.30. The smallest absolute Gasteiger partial charge is 0.104 e. The highest BCUT2D eigenvalue weighted by Gasteiger charge is 2.44. The van der Waals surface area contributed by atoms with Crippen LogP contribution in [0.4, 0.5) is 0 Å². The fraction of sp³-hybridized carbons (Fsp3) is 0.905. The highest BCUT2D eigenvalue weighted by Crippen LogP contribution is 2.43. The van der Waals surface area contributed by atoms with Crippen molar-refractivity contribution in [1.29, 1.82) is 0 Å². The van der Waals surface area contributed by atoms with Gasteiger partial charge in [-0.25, -0.2) is 0 Å². The number of allylic oxidation sites excluding steroid dienone is 2. The fourth-order valence-electron chi connectivity index (χ4n) is 4.26. The van der Waals surface area contributed by atoms with Crippen LogP contribution in [0.3, 0.4) is 0 Å². The van der Waals surface area contributed by atoms with Crippen LogP contribution in [0.2, 0.25) is 0 Å². The van der Waals surface area contributed by atoms with Gasteiger partial charge < -0.3 is 24.4 Å². The Bertz CT molecular complexity index is 457. The first-order valence-electron chi connectivity index (χ1n) is 10.4. The number of aliphatic hydroxyl groups excluding tert-OH is 1. The molecule has 0 radical (unpaired) electrons. The summed E-state index contributed by atoms with van der Waals surface area (Å²) in [4.78, 5) is 0. The molecule has 4 unspecified atom stereocenters. The van der Waals surface area contributed by atoms with E-state index in [-0.39, 0.29) is 0 Å². The van der Waals surface area contributed by atoms with Gasteiger partial charge in [0.1, 0.15) is 12.2 Å². The number of epoxide rings is 2. The lowest BCUT2D eigenvalue weighted by atomic mass is 9.67. The molecule has 0 amide bonds. The van der Waals surface area contributed by atoms with Gasteiger partial charge >= 0.3 is 0 Å². The molecule has 2 saturated heterocycles. The van der Waals surface area contributed by atoms with E-state index >= 15 is 0 Å². The van der Waals surface area contributed by atoms with Gasteiger partial charge in [0.2, 0.25) is 0 Å². The van der Waals surface area contributed by atoms with Gasteiger partial charge in [0.05, 0.1) is 38.1 Å². The first-order valence-corrected chi connectivity index (χ1v) is 10.4. The summed E-state index contributed by atoms with van der Waals surface area (Å²) in [6.07, 6.45) is 8.33. The van der Waals surface area contributed by atoms with Gasteiger partial charge in [0, 0.05) is 0 Å². The Balaban J connectivity index is 0.000000181. The molecule has 150 valence electrons. The zero-order valence-electron chi connectivity index (χ0n) is 16.4. The molecule has 2 saturated carbocycles. The molecule has 0 spiro atoms. The molecule has 0 aromatic carbocycles. The van der Waals surface area contributed by atoms with Crippen LogP contribution < -0.4 is 0 Å². The SMILES string of the molecule is C(OCC1CO1)C1CO1.CC(C)=C1CCC(C2(O)CCCCC2O)CC1. The first kappa shape index (κ1) is 20.3. The molecule has 2 N–H and O–H groups in total. The van der Waals surface area contributed by atoms with E-state index in [0.717, 1.165) is 77.8 Å². The Morgan fingerprint density at radius 3 is 2.08 bits per heavy atom. The predicted octanol–water partition coefficient (Wildman–Crippen LogP) is 2.98. The molecule has 4 atom stereocenters. The van der Waals surface area contributed by atoms with Crippen LogP contribution in [0.1, 0.15) is 65.2 Å². The second-order valence-electron chi connectivity index (χ2n) is 8.58. The number of rotatable bonds is 5. The van der Waals surface area contributed by atoms with Crippen LogP contribution in [-0.2, 0) is 14.2 Å². The monoisotopic (exact) mass is 368 g/mol. The van der Waals surface area contributed by atoms with Crippen molar-refractivity contribution in [2.45, 2.75) is 89.1 Å². The van der Waals surface area contributed by atoms with Gasteiger partial charge in [-0.3, -0.25) is 0 Å². The molecule has 2 aliphatic heterocycles. The zero-order valence-corrected chi connectivity index (χ0v) is 16.4. The highest BCUT2D eigenvalue weighted by molar-refractivity contribution is 5.13. The molecular weight excluding hydrogens is 332 g/mol. The Morgan fingerprint density at radius 1 is 1.04 bits per heavy atom. The van der Waals surface area contributed by atoms with Gasteiger partial charge in [0.25, 0.3) is 0 Å². The van der Waals surface area contributed by atoms with Crippen LogP contribution >= 0.6 is 0 Å². The van der Waals surface area contributed by atoms with Crippen LogP contribution in [0, 0.1) is 5.92 Å². The lowest BCUT2D eigenvalue weighted by molar-refractivity contribution is -0.141. The molecule has 4 aliphatic rings. The van der Waals surface area contributed by atoms with Crippen molar-refractivity contribution >= 4 is 0 Å². The Kier molecular flexibility index (Phi) is 7.14. The molecule has 5 nitrogen and oxygen atoms in total. The van der Waals surface area contributed by atoms with Crippen molar-refractivity contribution < 1.29 is 24.4 Å². The van der Waals surface area contributed by atoms with E-state index in [0.29, 0.717) is 18.1 Å². The summed E-state index contributed by atoms with van der Waals surface area (Å²) in [6.45, 7) is 7.62. The summed E-state index contributed by atoms with van der Waals surface area (Å²) in [6, 6.07) is 0. The summed E-state index contributed by atoms with van der Waals surface area (Å²) >= 11 is 0. The molecule has 2 aliphatic carbocycles. The molecule has 26 heavy (non-hydrogen) atoms. The van der Waals surface area contributed by atoms with E-state index in [9.17, 15) is 10.2 Å². The largest absolute Gasteiger partial charge is 0.390 e. The molecule has 0 bridgehead atoms. The summed E-state index contributed by atoms with van der Waals surface area (Å²) in [7, 11) is 0. The molecular formula is C21H36O5. The minimum absolute atomic E-state index is 0.306. The van der Waals surface area contributed by atoms with Crippen molar-refractivity contribution in [1.82, 2.24) is 0 Å². The average Bonchev–Trinajstić information content (AvgIpc) is 3.54. The van der Waals surface area contributed by atoms with E-state index in [1.807, 2.05) is 0 Å². The van der Waals surface area contributed by atoms with Gasteiger partial charge in [-0.2, -0.15) is 0 Å². The summed E-state index contributed by atoms with van der Waals surface area (Å²) < 4.78 is 15.1. The first-order chi connectivity index (χ1) is 12.5. The lowest BCUT2D eigenvalue weighted by Gasteiger charge is -2.45. The second-order valence-corrected chi connectivity index (χ2v) is 8.58. The minimum atomic E-state index is -0.786. The number of hydrogen-bond donors (Lipinski definition) is 2.